The molecular formula is C11H19BrO2. The van der Waals surface area contributed by atoms with Crippen molar-refractivity contribution in [2.24, 2.45) is 5.41 Å². The van der Waals surface area contributed by atoms with E-state index in [2.05, 4.69) is 36.7 Å². The van der Waals surface area contributed by atoms with Gasteiger partial charge in [0.05, 0.1) is 6.10 Å². The number of halogens is 1. The summed E-state index contributed by atoms with van der Waals surface area (Å²) in [5.41, 5.74) is 1.04. The fourth-order valence-corrected chi connectivity index (χ4v) is 3.58. The first-order chi connectivity index (χ1) is 6.45. The van der Waals surface area contributed by atoms with Crippen LogP contribution in [0.3, 0.4) is 0 Å². The summed E-state index contributed by atoms with van der Waals surface area (Å²) < 4.78 is 11.3. The normalized spacial score (nSPS) is 38.4. The molecule has 3 heteroatoms. The van der Waals surface area contributed by atoms with E-state index in [-0.39, 0.29) is 17.1 Å². The monoisotopic (exact) mass is 262 g/mol. The first-order valence-electron chi connectivity index (χ1n) is 4.93. The molecule has 0 aromatic rings. The molecule has 1 rings (SSSR count). The van der Waals surface area contributed by atoms with E-state index in [1.165, 1.54) is 5.57 Å². The molecule has 0 aromatic carbocycles. The summed E-state index contributed by atoms with van der Waals surface area (Å²) in [7, 11) is 1.73. The lowest BCUT2D eigenvalue weighted by molar-refractivity contribution is -0.194. The van der Waals surface area contributed by atoms with Gasteiger partial charge in [0.15, 0.2) is 0 Å². The van der Waals surface area contributed by atoms with Gasteiger partial charge in [-0.2, -0.15) is 0 Å². The molecule has 2 atom stereocenters. The zero-order valence-electron chi connectivity index (χ0n) is 9.56. The Kier molecular flexibility index (Phi) is 3.45. The third-order valence-electron chi connectivity index (χ3n) is 3.25. The summed E-state index contributed by atoms with van der Waals surface area (Å²) in [6.45, 7) is 9.18. The van der Waals surface area contributed by atoms with Crippen LogP contribution in [0.2, 0.25) is 0 Å². The molecule has 1 saturated carbocycles. The van der Waals surface area contributed by atoms with Crippen LogP contribution in [0.15, 0.2) is 10.6 Å². The van der Waals surface area contributed by atoms with Crippen LogP contribution in [0.25, 0.3) is 0 Å². The largest absolute Gasteiger partial charge is 0.374 e. The highest BCUT2D eigenvalue weighted by Gasteiger charge is 2.61. The molecule has 1 aliphatic carbocycles. The second-order valence-electron chi connectivity index (χ2n) is 4.39. The lowest BCUT2D eigenvalue weighted by Crippen LogP contribution is -2.66. The van der Waals surface area contributed by atoms with Gasteiger partial charge in [-0.1, -0.05) is 29.8 Å². The van der Waals surface area contributed by atoms with Crippen molar-refractivity contribution in [3.05, 3.63) is 10.6 Å². The Labute approximate surface area is 94.8 Å². The van der Waals surface area contributed by atoms with Crippen LogP contribution in [-0.2, 0) is 9.47 Å². The molecule has 0 spiro atoms. The highest BCUT2D eigenvalue weighted by molar-refractivity contribution is 9.11. The predicted molar refractivity (Wildman–Crippen MR) is 61.6 cm³/mol. The van der Waals surface area contributed by atoms with Crippen molar-refractivity contribution in [3.8, 4) is 0 Å². The molecular weight excluding hydrogens is 244 g/mol. The van der Waals surface area contributed by atoms with Crippen molar-refractivity contribution < 1.29 is 9.47 Å². The average molecular weight is 263 g/mol. The summed E-state index contributed by atoms with van der Waals surface area (Å²) in [5.74, 6) is 0. The summed E-state index contributed by atoms with van der Waals surface area (Å²) in [5, 5.41) is 0. The quantitative estimate of drug-likeness (QED) is 0.778. The van der Waals surface area contributed by atoms with E-state index in [1.807, 2.05) is 11.9 Å². The highest BCUT2D eigenvalue weighted by atomic mass is 79.9. The first kappa shape index (κ1) is 12.2. The van der Waals surface area contributed by atoms with E-state index >= 15 is 0 Å². The number of rotatable bonds is 3. The molecule has 0 heterocycles. The van der Waals surface area contributed by atoms with Crippen molar-refractivity contribution >= 4 is 15.9 Å². The second-order valence-corrected chi connectivity index (χ2v) is 4.85. The maximum Gasteiger partial charge on any atom is 0.114 e. The van der Waals surface area contributed by atoms with Gasteiger partial charge < -0.3 is 9.47 Å². The third kappa shape index (κ3) is 1.46. The molecule has 0 N–H and O–H groups in total. The van der Waals surface area contributed by atoms with E-state index in [1.54, 1.807) is 7.11 Å². The molecule has 1 fully saturated rings. The summed E-state index contributed by atoms with van der Waals surface area (Å²) >= 11 is 3.40. The Morgan fingerprint density at radius 2 is 2.00 bits per heavy atom. The summed E-state index contributed by atoms with van der Waals surface area (Å²) in [6.07, 6.45) is 0.133. The lowest BCUT2D eigenvalue weighted by atomic mass is 9.55. The lowest BCUT2D eigenvalue weighted by Gasteiger charge is -2.59. The van der Waals surface area contributed by atoms with E-state index in [4.69, 9.17) is 9.47 Å². The molecule has 0 unspecified atom stereocenters. The summed E-state index contributed by atoms with van der Waals surface area (Å²) in [4.78, 5) is 1.96. The van der Waals surface area contributed by atoms with Crippen LogP contribution in [-0.4, -0.2) is 25.4 Å². The minimum atomic E-state index is -0.275. The number of methoxy groups -OCH3 is 1. The fraction of sp³-hybridized carbons (Fsp3) is 0.818. The van der Waals surface area contributed by atoms with Crippen molar-refractivity contribution in [3.63, 3.8) is 0 Å². The van der Waals surface area contributed by atoms with Crippen LogP contribution in [0.4, 0.5) is 0 Å². The Balaban J connectivity index is 2.95. The van der Waals surface area contributed by atoms with E-state index in [0.29, 0.717) is 0 Å². The van der Waals surface area contributed by atoms with Gasteiger partial charge in [0, 0.05) is 19.1 Å². The van der Waals surface area contributed by atoms with Gasteiger partial charge in [-0.05, 0) is 24.4 Å². The Morgan fingerprint density at radius 3 is 2.36 bits per heavy atom. The van der Waals surface area contributed by atoms with E-state index < -0.39 is 0 Å². The molecule has 82 valence electrons. The molecule has 0 aromatic heterocycles. The summed E-state index contributed by atoms with van der Waals surface area (Å²) in [6, 6.07) is 0. The zero-order chi connectivity index (χ0) is 11.0. The van der Waals surface area contributed by atoms with Crippen LogP contribution in [0, 0.1) is 5.41 Å². The molecule has 2 nitrogen and oxygen atoms in total. The smallest absolute Gasteiger partial charge is 0.114 e. The Morgan fingerprint density at radius 1 is 1.43 bits per heavy atom. The molecule has 0 bridgehead atoms. The van der Waals surface area contributed by atoms with Gasteiger partial charge in [0.25, 0.3) is 0 Å². The maximum atomic E-state index is 5.74. The maximum absolute atomic E-state index is 5.74. The standard InChI is InChI=1S/C11H19BrO2/c1-6-14-9-10(2,3)8(7-12)11(9,4)13-5/h7,9H,6H2,1-5H3/b8-7-/t9-,11-/m0/s1. The van der Waals surface area contributed by atoms with Gasteiger partial charge in [-0.15, -0.1) is 0 Å². The minimum absolute atomic E-state index is 0.0598. The SMILES string of the molecule is CCO[C@H]1C(C)(C)/C(=C/Br)[C@]1(C)OC. The van der Waals surface area contributed by atoms with Gasteiger partial charge in [0.2, 0.25) is 0 Å². The predicted octanol–water partition coefficient (Wildman–Crippen LogP) is 3.12. The van der Waals surface area contributed by atoms with Gasteiger partial charge in [-0.3, -0.25) is 0 Å². The van der Waals surface area contributed by atoms with Crippen molar-refractivity contribution in [2.75, 3.05) is 13.7 Å². The van der Waals surface area contributed by atoms with Crippen LogP contribution in [0.5, 0.6) is 0 Å². The van der Waals surface area contributed by atoms with Crippen LogP contribution >= 0.6 is 15.9 Å². The van der Waals surface area contributed by atoms with E-state index in [9.17, 15) is 0 Å². The fourth-order valence-electron chi connectivity index (χ4n) is 2.53. The van der Waals surface area contributed by atoms with Crippen LogP contribution < -0.4 is 0 Å². The van der Waals surface area contributed by atoms with Crippen molar-refractivity contribution in [2.45, 2.75) is 39.4 Å². The third-order valence-corrected chi connectivity index (χ3v) is 3.71. The van der Waals surface area contributed by atoms with Gasteiger partial charge >= 0.3 is 0 Å². The average Bonchev–Trinajstić information content (AvgIpc) is 2.14. The Hall–Kier alpha value is 0.140. The molecule has 1 aliphatic rings. The molecule has 0 saturated heterocycles. The molecule has 0 radical (unpaired) electrons. The Bertz CT molecular complexity index is 248. The topological polar surface area (TPSA) is 18.5 Å². The molecule has 0 amide bonds. The van der Waals surface area contributed by atoms with Crippen molar-refractivity contribution in [1.82, 2.24) is 0 Å². The highest BCUT2D eigenvalue weighted by Crippen LogP contribution is 2.56. The molecule has 0 aliphatic heterocycles. The number of hydrogen-bond acceptors (Lipinski definition) is 2. The zero-order valence-corrected chi connectivity index (χ0v) is 11.1. The number of ether oxygens (including phenoxy) is 2. The minimum Gasteiger partial charge on any atom is -0.374 e. The van der Waals surface area contributed by atoms with Crippen molar-refractivity contribution in [1.29, 1.82) is 0 Å². The van der Waals surface area contributed by atoms with Crippen LogP contribution in [0.1, 0.15) is 27.7 Å². The number of hydrogen-bond donors (Lipinski definition) is 0. The van der Waals surface area contributed by atoms with E-state index in [0.717, 1.165) is 6.61 Å². The second kappa shape index (κ2) is 3.95. The molecule has 14 heavy (non-hydrogen) atoms. The van der Waals surface area contributed by atoms with Gasteiger partial charge in [-0.25, -0.2) is 0 Å². The van der Waals surface area contributed by atoms with Gasteiger partial charge in [0.1, 0.15) is 5.60 Å². The first-order valence-corrected chi connectivity index (χ1v) is 5.84.